The summed E-state index contributed by atoms with van der Waals surface area (Å²) in [6, 6.07) is 0. The van der Waals surface area contributed by atoms with Crippen LogP contribution in [-0.4, -0.2) is 64.6 Å². The number of aliphatic carboxylic acids is 1. The average Bonchev–Trinajstić information content (AvgIpc) is 2.41. The van der Waals surface area contributed by atoms with Gasteiger partial charge in [0.05, 0.1) is 13.2 Å². The first-order valence-electron chi connectivity index (χ1n) is 6.70. The molecule has 0 fully saturated rings. The molecular formula is C13H24N2O5. The molecule has 0 radical (unpaired) electrons. The number of aliphatic hydroxyl groups is 2. The molecule has 1 unspecified atom stereocenters. The standard InChI is InChI=1S/C13H24N2O5/c1-2-3-4-5-6-11(17)14-7-8-15(9-13(19)20)12(18)10-16/h5-6,12,16,18H,2-4,7-10H2,1H3,(H,14,17)(H,19,20)/b6-5+. The topological polar surface area (TPSA) is 110 Å². The van der Waals surface area contributed by atoms with Crippen molar-refractivity contribution in [2.45, 2.75) is 32.4 Å². The third-order valence-corrected chi connectivity index (χ3v) is 2.61. The van der Waals surface area contributed by atoms with Gasteiger partial charge >= 0.3 is 5.97 Å². The number of allylic oxidation sites excluding steroid dienone is 1. The van der Waals surface area contributed by atoms with E-state index in [2.05, 4.69) is 12.2 Å². The monoisotopic (exact) mass is 288 g/mol. The van der Waals surface area contributed by atoms with Crippen molar-refractivity contribution in [1.82, 2.24) is 10.2 Å². The number of carbonyl (C=O) groups is 2. The van der Waals surface area contributed by atoms with Crippen LogP contribution in [0.2, 0.25) is 0 Å². The summed E-state index contributed by atoms with van der Waals surface area (Å²) >= 11 is 0. The van der Waals surface area contributed by atoms with E-state index < -0.39 is 25.3 Å². The van der Waals surface area contributed by atoms with Crippen LogP contribution in [0, 0.1) is 0 Å². The van der Waals surface area contributed by atoms with Crippen LogP contribution in [0.4, 0.5) is 0 Å². The molecule has 0 aromatic heterocycles. The summed E-state index contributed by atoms with van der Waals surface area (Å²) in [4.78, 5) is 23.2. The van der Waals surface area contributed by atoms with Gasteiger partial charge in [-0.15, -0.1) is 0 Å². The van der Waals surface area contributed by atoms with Gasteiger partial charge in [-0.1, -0.05) is 25.8 Å². The molecular weight excluding hydrogens is 264 g/mol. The first-order valence-corrected chi connectivity index (χ1v) is 6.70. The Morgan fingerprint density at radius 2 is 2.10 bits per heavy atom. The molecule has 0 aromatic rings. The van der Waals surface area contributed by atoms with Gasteiger partial charge in [0.25, 0.3) is 0 Å². The Balaban J connectivity index is 4.00. The number of amides is 1. The van der Waals surface area contributed by atoms with Crippen LogP contribution in [0.3, 0.4) is 0 Å². The van der Waals surface area contributed by atoms with Crippen LogP contribution >= 0.6 is 0 Å². The molecule has 0 aliphatic rings. The Kier molecular flexibility index (Phi) is 10.6. The van der Waals surface area contributed by atoms with E-state index in [1.54, 1.807) is 6.08 Å². The molecule has 1 amide bonds. The second-order valence-electron chi connectivity index (χ2n) is 4.36. The number of aliphatic hydroxyl groups excluding tert-OH is 2. The highest BCUT2D eigenvalue weighted by atomic mass is 16.4. The lowest BCUT2D eigenvalue weighted by Gasteiger charge is -2.24. The highest BCUT2D eigenvalue weighted by Gasteiger charge is 2.17. The molecule has 0 aromatic carbocycles. The predicted octanol–water partition coefficient (Wildman–Crippen LogP) is -0.454. The number of hydrogen-bond donors (Lipinski definition) is 4. The summed E-state index contributed by atoms with van der Waals surface area (Å²) in [6.45, 7) is 1.45. The number of carboxylic acids is 1. The molecule has 4 N–H and O–H groups in total. The van der Waals surface area contributed by atoms with Crippen LogP contribution in [0.1, 0.15) is 26.2 Å². The maximum atomic E-state index is 11.4. The molecule has 0 rings (SSSR count). The Hall–Kier alpha value is -1.44. The molecule has 116 valence electrons. The number of nitrogens with zero attached hydrogens (tertiary/aromatic N) is 1. The van der Waals surface area contributed by atoms with Gasteiger partial charge < -0.3 is 20.6 Å². The molecule has 1 atom stereocenters. The SMILES string of the molecule is CCCC/C=C/C(=O)NCCN(CC(=O)O)C(O)CO. The lowest BCUT2D eigenvalue weighted by molar-refractivity contribution is -0.142. The molecule has 0 saturated carbocycles. The van der Waals surface area contributed by atoms with E-state index >= 15 is 0 Å². The van der Waals surface area contributed by atoms with E-state index in [0.29, 0.717) is 0 Å². The van der Waals surface area contributed by atoms with Crippen molar-refractivity contribution in [3.05, 3.63) is 12.2 Å². The summed E-state index contributed by atoms with van der Waals surface area (Å²) in [6.07, 6.45) is 4.92. The van der Waals surface area contributed by atoms with Crippen molar-refractivity contribution in [3.63, 3.8) is 0 Å². The lowest BCUT2D eigenvalue weighted by Crippen LogP contribution is -2.45. The summed E-state index contributed by atoms with van der Waals surface area (Å²) in [5.41, 5.74) is 0. The van der Waals surface area contributed by atoms with Crippen molar-refractivity contribution >= 4 is 11.9 Å². The number of carboxylic acid groups (broad SMARTS) is 1. The zero-order valence-corrected chi connectivity index (χ0v) is 11.8. The Morgan fingerprint density at radius 1 is 1.40 bits per heavy atom. The lowest BCUT2D eigenvalue weighted by atomic mass is 10.2. The zero-order valence-electron chi connectivity index (χ0n) is 11.8. The fourth-order valence-corrected chi connectivity index (χ4v) is 1.52. The predicted molar refractivity (Wildman–Crippen MR) is 74.0 cm³/mol. The Morgan fingerprint density at radius 3 is 2.65 bits per heavy atom. The van der Waals surface area contributed by atoms with Crippen LogP contribution in [0.5, 0.6) is 0 Å². The fraction of sp³-hybridized carbons (Fsp3) is 0.692. The number of hydrogen-bond acceptors (Lipinski definition) is 5. The van der Waals surface area contributed by atoms with E-state index in [9.17, 15) is 14.7 Å². The molecule has 0 aliphatic carbocycles. The van der Waals surface area contributed by atoms with E-state index in [1.165, 1.54) is 11.0 Å². The van der Waals surface area contributed by atoms with Gasteiger partial charge in [0.2, 0.25) is 5.91 Å². The van der Waals surface area contributed by atoms with Gasteiger partial charge in [0, 0.05) is 13.1 Å². The van der Waals surface area contributed by atoms with E-state index in [1.807, 2.05) is 0 Å². The highest BCUT2D eigenvalue weighted by Crippen LogP contribution is 1.96. The minimum atomic E-state index is -1.25. The first-order chi connectivity index (χ1) is 9.51. The first kappa shape index (κ1) is 18.6. The van der Waals surface area contributed by atoms with Crippen LogP contribution in [-0.2, 0) is 9.59 Å². The highest BCUT2D eigenvalue weighted by molar-refractivity contribution is 5.87. The summed E-state index contributed by atoms with van der Waals surface area (Å²) in [7, 11) is 0. The normalized spacial score (nSPS) is 12.8. The van der Waals surface area contributed by atoms with Gasteiger partial charge in [-0.3, -0.25) is 14.5 Å². The van der Waals surface area contributed by atoms with Crippen molar-refractivity contribution < 1.29 is 24.9 Å². The number of carbonyl (C=O) groups excluding carboxylic acids is 1. The van der Waals surface area contributed by atoms with Gasteiger partial charge in [-0.2, -0.15) is 0 Å². The van der Waals surface area contributed by atoms with Crippen molar-refractivity contribution in [2.75, 3.05) is 26.2 Å². The maximum absolute atomic E-state index is 11.4. The largest absolute Gasteiger partial charge is 0.480 e. The maximum Gasteiger partial charge on any atom is 0.317 e. The van der Waals surface area contributed by atoms with Crippen molar-refractivity contribution in [1.29, 1.82) is 0 Å². The Labute approximate surface area is 118 Å². The molecule has 0 bridgehead atoms. The van der Waals surface area contributed by atoms with Crippen LogP contribution in [0.25, 0.3) is 0 Å². The van der Waals surface area contributed by atoms with Crippen LogP contribution < -0.4 is 5.32 Å². The quantitative estimate of drug-likeness (QED) is 0.233. The number of rotatable bonds is 11. The minimum absolute atomic E-state index is 0.141. The molecule has 0 aliphatic heterocycles. The average molecular weight is 288 g/mol. The Bertz CT molecular complexity index is 320. The number of unbranched alkanes of at least 4 members (excludes halogenated alkanes) is 2. The third-order valence-electron chi connectivity index (χ3n) is 2.61. The fourth-order valence-electron chi connectivity index (χ4n) is 1.52. The van der Waals surface area contributed by atoms with E-state index in [4.69, 9.17) is 10.2 Å². The third kappa shape index (κ3) is 9.48. The van der Waals surface area contributed by atoms with Gasteiger partial charge in [0.1, 0.15) is 6.23 Å². The minimum Gasteiger partial charge on any atom is -0.480 e. The molecule has 7 heteroatoms. The van der Waals surface area contributed by atoms with E-state index in [-0.39, 0.29) is 19.0 Å². The van der Waals surface area contributed by atoms with Gasteiger partial charge in [-0.05, 0) is 12.5 Å². The molecule has 0 heterocycles. The van der Waals surface area contributed by atoms with Gasteiger partial charge in [0.15, 0.2) is 0 Å². The summed E-state index contributed by atoms with van der Waals surface area (Å²) < 4.78 is 0. The van der Waals surface area contributed by atoms with E-state index in [0.717, 1.165) is 19.3 Å². The summed E-state index contributed by atoms with van der Waals surface area (Å²) in [5.74, 6) is -1.36. The van der Waals surface area contributed by atoms with Crippen molar-refractivity contribution in [2.24, 2.45) is 0 Å². The number of nitrogens with one attached hydrogen (secondary N) is 1. The van der Waals surface area contributed by atoms with Crippen molar-refractivity contribution in [3.8, 4) is 0 Å². The second kappa shape index (κ2) is 11.4. The smallest absolute Gasteiger partial charge is 0.317 e. The molecule has 7 nitrogen and oxygen atoms in total. The van der Waals surface area contributed by atoms with Gasteiger partial charge in [-0.25, -0.2) is 0 Å². The van der Waals surface area contributed by atoms with Crippen LogP contribution in [0.15, 0.2) is 12.2 Å². The molecule has 20 heavy (non-hydrogen) atoms. The summed E-state index contributed by atoms with van der Waals surface area (Å²) in [5, 5.41) is 29.5. The molecule has 0 saturated heterocycles. The second-order valence-corrected chi connectivity index (χ2v) is 4.36. The zero-order chi connectivity index (χ0) is 15.4. The molecule has 0 spiro atoms.